The van der Waals surface area contributed by atoms with E-state index in [1.54, 1.807) is 36.4 Å². The molecule has 162 valence electrons. The molecule has 1 N–H and O–H groups in total. The van der Waals surface area contributed by atoms with Crippen molar-refractivity contribution in [3.05, 3.63) is 63.5 Å². The number of anilines is 1. The number of nitrogens with zero attached hydrogens (tertiary/aromatic N) is 1. The van der Waals surface area contributed by atoms with Crippen LogP contribution < -0.4 is 10.1 Å². The van der Waals surface area contributed by atoms with Crippen molar-refractivity contribution in [2.45, 2.75) is 33.3 Å². The monoisotopic (exact) mass is 458 g/mol. The van der Waals surface area contributed by atoms with Gasteiger partial charge in [0.15, 0.2) is 0 Å². The molecule has 0 radical (unpaired) electrons. The van der Waals surface area contributed by atoms with Crippen molar-refractivity contribution in [2.75, 3.05) is 11.9 Å². The summed E-state index contributed by atoms with van der Waals surface area (Å²) in [6.07, 6.45) is 2.47. The third-order valence-electron chi connectivity index (χ3n) is 4.67. The first-order valence-corrected chi connectivity index (χ1v) is 11.0. The van der Waals surface area contributed by atoms with Crippen molar-refractivity contribution in [3.63, 3.8) is 0 Å². The fourth-order valence-corrected chi connectivity index (χ4v) is 3.84. The Kier molecular flexibility index (Phi) is 7.41. The summed E-state index contributed by atoms with van der Waals surface area (Å²) in [6.45, 7) is 5.56. The lowest BCUT2D eigenvalue weighted by molar-refractivity contribution is -0.127. The van der Waals surface area contributed by atoms with Gasteiger partial charge in [-0.2, -0.15) is 0 Å². The molecule has 0 aliphatic carbocycles. The van der Waals surface area contributed by atoms with Gasteiger partial charge in [-0.15, -0.1) is 0 Å². The number of hydrogen-bond acceptors (Lipinski definition) is 5. The largest absolute Gasteiger partial charge is 0.489 e. The molecular weight excluding hydrogens is 436 g/mol. The second-order valence-corrected chi connectivity index (χ2v) is 8.61. The van der Waals surface area contributed by atoms with Crippen molar-refractivity contribution in [3.8, 4) is 5.75 Å². The average Bonchev–Trinajstić information content (AvgIpc) is 2.99. The lowest BCUT2D eigenvalue weighted by atomic mass is 10.2. The predicted octanol–water partition coefficient (Wildman–Crippen LogP) is 5.50. The van der Waals surface area contributed by atoms with Crippen molar-refractivity contribution in [1.82, 2.24) is 4.90 Å². The Hall–Kier alpha value is -2.77. The number of imide groups is 1. The number of thioether (sulfide) groups is 1. The minimum Gasteiger partial charge on any atom is -0.489 e. The summed E-state index contributed by atoms with van der Waals surface area (Å²) in [5, 5.41) is 2.62. The molecule has 1 aliphatic heterocycles. The number of halogens is 1. The molecule has 0 saturated carbocycles. The molecule has 2 aromatic rings. The lowest BCUT2D eigenvalue weighted by Gasteiger charge is -2.14. The van der Waals surface area contributed by atoms with E-state index in [1.807, 2.05) is 32.9 Å². The van der Waals surface area contributed by atoms with E-state index in [0.717, 1.165) is 28.6 Å². The Bertz CT molecular complexity index is 1040. The Morgan fingerprint density at radius 1 is 1.23 bits per heavy atom. The zero-order valence-electron chi connectivity index (χ0n) is 17.5. The van der Waals surface area contributed by atoms with E-state index in [4.69, 9.17) is 16.3 Å². The second-order valence-electron chi connectivity index (χ2n) is 7.21. The van der Waals surface area contributed by atoms with E-state index in [-0.39, 0.29) is 17.6 Å². The van der Waals surface area contributed by atoms with E-state index in [0.29, 0.717) is 22.0 Å². The van der Waals surface area contributed by atoms with Crippen LogP contribution in [0, 0.1) is 6.92 Å². The van der Waals surface area contributed by atoms with Gasteiger partial charge in [-0.3, -0.25) is 19.3 Å². The lowest BCUT2D eigenvalue weighted by Crippen LogP contribution is -2.36. The van der Waals surface area contributed by atoms with Crippen LogP contribution in [0.1, 0.15) is 31.4 Å². The molecule has 2 aromatic carbocycles. The van der Waals surface area contributed by atoms with Crippen molar-refractivity contribution >= 4 is 52.2 Å². The van der Waals surface area contributed by atoms with Gasteiger partial charge in [0.05, 0.1) is 16.0 Å². The molecule has 31 heavy (non-hydrogen) atoms. The van der Waals surface area contributed by atoms with Crippen LogP contribution in [0.3, 0.4) is 0 Å². The molecular formula is C23H23ClN2O4S. The highest BCUT2D eigenvalue weighted by molar-refractivity contribution is 8.18. The van der Waals surface area contributed by atoms with Crippen molar-refractivity contribution in [2.24, 2.45) is 0 Å². The summed E-state index contributed by atoms with van der Waals surface area (Å²) in [4.78, 5) is 38.4. The first-order valence-electron chi connectivity index (χ1n) is 9.85. The maximum Gasteiger partial charge on any atom is 0.294 e. The number of nitrogens with one attached hydrogen (secondary N) is 1. The third kappa shape index (κ3) is 5.89. The number of hydrogen-bond donors (Lipinski definition) is 1. The second kappa shape index (κ2) is 10.0. The molecule has 0 aromatic heterocycles. The molecule has 0 unspecified atom stereocenters. The third-order valence-corrected chi connectivity index (χ3v) is 5.87. The molecule has 3 amide bonds. The molecule has 0 spiro atoms. The molecule has 1 saturated heterocycles. The quantitative estimate of drug-likeness (QED) is 0.554. The molecule has 3 rings (SSSR count). The molecule has 0 bridgehead atoms. The van der Waals surface area contributed by atoms with Gasteiger partial charge in [0.25, 0.3) is 11.1 Å². The zero-order valence-corrected chi connectivity index (χ0v) is 19.0. The fourth-order valence-electron chi connectivity index (χ4n) is 2.77. The summed E-state index contributed by atoms with van der Waals surface area (Å²) in [6, 6.07) is 12.4. The number of carbonyl (C=O) groups excluding carboxylic acids is 3. The molecule has 8 heteroatoms. The van der Waals surface area contributed by atoms with Crippen LogP contribution in [-0.4, -0.2) is 34.6 Å². The van der Waals surface area contributed by atoms with Gasteiger partial charge < -0.3 is 10.1 Å². The summed E-state index contributed by atoms with van der Waals surface area (Å²) < 4.78 is 5.74. The van der Waals surface area contributed by atoms with Gasteiger partial charge in [0.2, 0.25) is 5.91 Å². The number of ether oxygens (including phenoxy) is 1. The van der Waals surface area contributed by atoms with Gasteiger partial charge in [-0.05, 0) is 67.9 Å². The number of aryl methyl sites for hydroxylation is 1. The van der Waals surface area contributed by atoms with Crippen molar-refractivity contribution in [1.29, 1.82) is 0 Å². The zero-order chi connectivity index (χ0) is 22.5. The Labute approximate surface area is 190 Å². The highest BCUT2D eigenvalue weighted by atomic mass is 35.5. The van der Waals surface area contributed by atoms with Crippen molar-refractivity contribution < 1.29 is 19.1 Å². The van der Waals surface area contributed by atoms with E-state index < -0.39 is 17.1 Å². The topological polar surface area (TPSA) is 75.7 Å². The van der Waals surface area contributed by atoms with Crippen LogP contribution in [0.25, 0.3) is 6.08 Å². The number of carbonyl (C=O) groups is 3. The summed E-state index contributed by atoms with van der Waals surface area (Å²) in [5.74, 6) is -0.388. The van der Waals surface area contributed by atoms with E-state index >= 15 is 0 Å². The van der Waals surface area contributed by atoms with Crippen LogP contribution in [0.5, 0.6) is 5.75 Å². The summed E-state index contributed by atoms with van der Waals surface area (Å²) >= 11 is 7.08. The molecule has 1 fully saturated rings. The first kappa shape index (κ1) is 22.9. The van der Waals surface area contributed by atoms with Gasteiger partial charge in [0.1, 0.15) is 12.3 Å². The fraction of sp³-hybridized carbons (Fsp3) is 0.261. The van der Waals surface area contributed by atoms with Crippen LogP contribution in [0.4, 0.5) is 10.5 Å². The average molecular weight is 459 g/mol. The molecule has 6 nitrogen and oxygen atoms in total. The van der Waals surface area contributed by atoms with Crippen LogP contribution in [0.2, 0.25) is 5.02 Å². The van der Waals surface area contributed by atoms with Crippen LogP contribution in [0.15, 0.2) is 47.4 Å². The Balaban J connectivity index is 1.67. The molecule has 1 heterocycles. The standard InChI is InChI=1S/C23H23ClN2O4S/c1-4-15(3)30-19-10-7-16(11-18(19)24)12-20-22(28)26(23(29)31-20)13-21(27)25-17-8-5-14(2)6-9-17/h5-12,15H,4,13H2,1-3H3,(H,25,27)/b20-12+/t15-/m1/s1. The summed E-state index contributed by atoms with van der Waals surface area (Å²) in [5.41, 5.74) is 2.33. The van der Waals surface area contributed by atoms with Gasteiger partial charge in [-0.25, -0.2) is 0 Å². The number of amides is 3. The minimum absolute atomic E-state index is 0.0332. The minimum atomic E-state index is -0.509. The van der Waals surface area contributed by atoms with E-state index in [9.17, 15) is 14.4 Å². The highest BCUT2D eigenvalue weighted by Gasteiger charge is 2.36. The normalized spacial score (nSPS) is 16.0. The Morgan fingerprint density at radius 2 is 1.94 bits per heavy atom. The van der Waals surface area contributed by atoms with Gasteiger partial charge >= 0.3 is 0 Å². The summed E-state index contributed by atoms with van der Waals surface area (Å²) in [7, 11) is 0. The highest BCUT2D eigenvalue weighted by Crippen LogP contribution is 2.34. The SMILES string of the molecule is CC[C@@H](C)Oc1ccc(/C=C2/SC(=O)N(CC(=O)Nc3ccc(C)cc3)C2=O)cc1Cl. The van der Waals surface area contributed by atoms with Crippen LogP contribution >= 0.6 is 23.4 Å². The van der Waals surface area contributed by atoms with Gasteiger partial charge in [0, 0.05) is 5.69 Å². The van der Waals surface area contributed by atoms with Crippen LogP contribution in [-0.2, 0) is 9.59 Å². The maximum absolute atomic E-state index is 12.7. The predicted molar refractivity (Wildman–Crippen MR) is 124 cm³/mol. The molecule has 1 atom stereocenters. The number of benzene rings is 2. The van der Waals surface area contributed by atoms with Gasteiger partial charge in [-0.1, -0.05) is 42.3 Å². The van der Waals surface area contributed by atoms with E-state index in [1.165, 1.54) is 0 Å². The Morgan fingerprint density at radius 3 is 2.58 bits per heavy atom. The number of rotatable bonds is 7. The maximum atomic E-state index is 12.7. The first-order chi connectivity index (χ1) is 14.8. The van der Waals surface area contributed by atoms with E-state index in [2.05, 4.69) is 5.32 Å². The molecule has 1 aliphatic rings. The smallest absolute Gasteiger partial charge is 0.294 e.